The summed E-state index contributed by atoms with van der Waals surface area (Å²) < 4.78 is 2.02. The predicted octanol–water partition coefficient (Wildman–Crippen LogP) is 5.49. The summed E-state index contributed by atoms with van der Waals surface area (Å²) in [7, 11) is 0. The van der Waals surface area contributed by atoms with Crippen LogP contribution in [-0.4, -0.2) is 4.98 Å². The molecule has 0 aliphatic rings. The number of nitrogens with one attached hydrogen (secondary N) is 1. The van der Waals surface area contributed by atoms with Crippen LogP contribution in [0.4, 0.5) is 5.69 Å². The highest BCUT2D eigenvalue weighted by molar-refractivity contribution is 9.10. The van der Waals surface area contributed by atoms with Crippen molar-refractivity contribution in [1.29, 1.82) is 0 Å². The lowest BCUT2D eigenvalue weighted by Crippen LogP contribution is -2.06. The second-order valence-corrected chi connectivity index (χ2v) is 6.57. The molecule has 2 heterocycles. The Morgan fingerprint density at radius 3 is 2.88 bits per heavy atom. The van der Waals surface area contributed by atoms with Gasteiger partial charge in [-0.05, 0) is 56.3 Å². The van der Waals surface area contributed by atoms with Crippen LogP contribution < -0.4 is 5.32 Å². The molecular weight excluding hydrogens is 387 g/mol. The van der Waals surface area contributed by atoms with Gasteiger partial charge in [-0.3, -0.25) is 0 Å². The molecule has 0 spiro atoms. The first kappa shape index (κ1) is 13.3. The zero-order valence-electron chi connectivity index (χ0n) is 8.88. The maximum atomic E-state index is 6.04. The molecule has 6 heteroatoms. The van der Waals surface area contributed by atoms with E-state index in [4.69, 9.17) is 11.6 Å². The highest BCUT2D eigenvalue weighted by atomic mass is 79.9. The van der Waals surface area contributed by atoms with Gasteiger partial charge in [0.1, 0.15) is 0 Å². The first-order valence-corrected chi connectivity index (χ1v) is 7.72. The second-order valence-electron chi connectivity index (χ2n) is 3.49. The summed E-state index contributed by atoms with van der Waals surface area (Å²) in [4.78, 5) is 5.32. The lowest BCUT2D eigenvalue weighted by atomic mass is 10.2. The Morgan fingerprint density at radius 2 is 2.24 bits per heavy atom. The lowest BCUT2D eigenvalue weighted by Gasteiger charge is -2.15. The Balaban J connectivity index is 2.21. The summed E-state index contributed by atoms with van der Waals surface area (Å²) in [5.41, 5.74) is 0.828. The number of hydrogen-bond acceptors (Lipinski definition) is 3. The minimum absolute atomic E-state index is 0.179. The molecule has 2 rings (SSSR count). The van der Waals surface area contributed by atoms with Crippen LogP contribution in [-0.2, 0) is 0 Å². The van der Waals surface area contributed by atoms with E-state index in [0.717, 1.165) is 14.6 Å². The van der Waals surface area contributed by atoms with Crippen molar-refractivity contribution in [1.82, 2.24) is 4.98 Å². The number of pyridine rings is 1. The highest BCUT2D eigenvalue weighted by Crippen LogP contribution is 2.33. The van der Waals surface area contributed by atoms with E-state index in [1.807, 2.05) is 12.1 Å². The van der Waals surface area contributed by atoms with Crippen molar-refractivity contribution in [2.24, 2.45) is 0 Å². The summed E-state index contributed by atoms with van der Waals surface area (Å²) in [5, 5.41) is 5.88. The van der Waals surface area contributed by atoms with Crippen molar-refractivity contribution >= 4 is 60.5 Å². The summed E-state index contributed by atoms with van der Waals surface area (Å²) in [6.07, 6.45) is 1.68. The van der Waals surface area contributed by atoms with Crippen LogP contribution in [0.15, 0.2) is 32.7 Å². The Kier molecular flexibility index (Phi) is 4.47. The Bertz CT molecular complexity index is 530. The maximum Gasteiger partial charge on any atom is 0.152 e. The second kappa shape index (κ2) is 5.69. The zero-order chi connectivity index (χ0) is 12.4. The topological polar surface area (TPSA) is 24.9 Å². The van der Waals surface area contributed by atoms with Gasteiger partial charge < -0.3 is 5.32 Å². The van der Waals surface area contributed by atoms with Crippen molar-refractivity contribution < 1.29 is 0 Å². The fraction of sp³-hybridized carbons (Fsp3) is 0.182. The minimum atomic E-state index is 0.179. The molecule has 0 aliphatic carbocycles. The van der Waals surface area contributed by atoms with E-state index in [1.54, 1.807) is 17.5 Å². The van der Waals surface area contributed by atoms with Crippen LogP contribution in [0.25, 0.3) is 0 Å². The number of nitrogens with zero attached hydrogens (tertiary/aromatic N) is 1. The molecule has 0 bridgehead atoms. The van der Waals surface area contributed by atoms with Crippen LogP contribution in [0.5, 0.6) is 0 Å². The summed E-state index contributed by atoms with van der Waals surface area (Å²) in [6.45, 7) is 2.09. The smallest absolute Gasteiger partial charge is 0.152 e. The fourth-order valence-electron chi connectivity index (χ4n) is 1.44. The van der Waals surface area contributed by atoms with Crippen LogP contribution in [0.2, 0.25) is 5.15 Å². The molecule has 1 unspecified atom stereocenters. The molecule has 17 heavy (non-hydrogen) atoms. The van der Waals surface area contributed by atoms with Crippen LogP contribution in [0, 0.1) is 0 Å². The van der Waals surface area contributed by atoms with Gasteiger partial charge in [0.2, 0.25) is 0 Å². The van der Waals surface area contributed by atoms with E-state index in [9.17, 15) is 0 Å². The fourth-order valence-corrected chi connectivity index (χ4v) is 3.65. The standard InChI is InChI=1S/C11H9Br2ClN2S/c1-6(10-8(13)2-3-17-10)16-9-4-7(12)5-15-11(9)14/h2-6,16H,1H3. The molecule has 0 amide bonds. The molecule has 1 atom stereocenters. The molecule has 0 fully saturated rings. The quantitative estimate of drug-likeness (QED) is 0.694. The normalized spacial score (nSPS) is 12.5. The molecule has 1 N–H and O–H groups in total. The predicted molar refractivity (Wildman–Crippen MR) is 81.0 cm³/mol. The summed E-state index contributed by atoms with van der Waals surface area (Å²) in [6, 6.07) is 4.14. The molecule has 0 saturated carbocycles. The Morgan fingerprint density at radius 1 is 1.47 bits per heavy atom. The molecule has 0 saturated heterocycles. The van der Waals surface area contributed by atoms with Crippen LogP contribution in [0.1, 0.15) is 17.8 Å². The zero-order valence-corrected chi connectivity index (χ0v) is 13.6. The van der Waals surface area contributed by atoms with Gasteiger partial charge in [0, 0.05) is 20.0 Å². The molecule has 90 valence electrons. The lowest BCUT2D eigenvalue weighted by molar-refractivity contribution is 0.901. The van der Waals surface area contributed by atoms with Gasteiger partial charge in [-0.25, -0.2) is 4.98 Å². The van der Waals surface area contributed by atoms with Crippen LogP contribution >= 0.6 is 54.8 Å². The van der Waals surface area contributed by atoms with Gasteiger partial charge in [-0.2, -0.15) is 0 Å². The Hall–Kier alpha value is -0.100. The summed E-state index contributed by atoms with van der Waals surface area (Å²) >= 11 is 14.6. The number of anilines is 1. The maximum absolute atomic E-state index is 6.04. The average molecular weight is 397 g/mol. The average Bonchev–Trinajstić information content (AvgIpc) is 2.70. The highest BCUT2D eigenvalue weighted by Gasteiger charge is 2.12. The third-order valence-corrected chi connectivity index (χ3v) is 5.00. The van der Waals surface area contributed by atoms with E-state index >= 15 is 0 Å². The molecule has 2 aromatic rings. The largest absolute Gasteiger partial charge is 0.375 e. The molecule has 0 aliphatic heterocycles. The Labute approximate surface area is 126 Å². The van der Waals surface area contributed by atoms with E-state index in [2.05, 4.69) is 54.5 Å². The molecule has 2 nitrogen and oxygen atoms in total. The van der Waals surface area contributed by atoms with Gasteiger partial charge in [0.15, 0.2) is 5.15 Å². The van der Waals surface area contributed by atoms with E-state index in [-0.39, 0.29) is 6.04 Å². The van der Waals surface area contributed by atoms with Crippen molar-refractivity contribution in [3.63, 3.8) is 0 Å². The number of aromatic nitrogens is 1. The number of hydrogen-bond donors (Lipinski definition) is 1. The number of thiophene rings is 1. The minimum Gasteiger partial charge on any atom is -0.375 e. The van der Waals surface area contributed by atoms with Crippen molar-refractivity contribution in [2.45, 2.75) is 13.0 Å². The molecule has 0 aromatic carbocycles. The first-order valence-electron chi connectivity index (χ1n) is 4.88. The third kappa shape index (κ3) is 3.22. The first-order chi connectivity index (χ1) is 8.08. The summed E-state index contributed by atoms with van der Waals surface area (Å²) in [5.74, 6) is 0. The molecular formula is C11H9Br2ClN2S. The van der Waals surface area contributed by atoms with Gasteiger partial charge in [-0.1, -0.05) is 11.6 Å². The van der Waals surface area contributed by atoms with Gasteiger partial charge in [0.25, 0.3) is 0 Å². The van der Waals surface area contributed by atoms with Gasteiger partial charge in [-0.15, -0.1) is 11.3 Å². The number of rotatable bonds is 3. The van der Waals surface area contributed by atoms with E-state index in [0.29, 0.717) is 5.15 Å². The van der Waals surface area contributed by atoms with Crippen molar-refractivity contribution in [3.8, 4) is 0 Å². The van der Waals surface area contributed by atoms with E-state index in [1.165, 1.54) is 4.88 Å². The monoisotopic (exact) mass is 394 g/mol. The van der Waals surface area contributed by atoms with Crippen molar-refractivity contribution in [2.75, 3.05) is 5.32 Å². The van der Waals surface area contributed by atoms with E-state index < -0.39 is 0 Å². The number of halogens is 3. The van der Waals surface area contributed by atoms with Crippen LogP contribution in [0.3, 0.4) is 0 Å². The SMILES string of the molecule is CC(Nc1cc(Br)cnc1Cl)c1sccc1Br. The molecule has 0 radical (unpaired) electrons. The van der Waals surface area contributed by atoms with Gasteiger partial charge in [0.05, 0.1) is 11.7 Å². The third-order valence-electron chi connectivity index (χ3n) is 2.22. The van der Waals surface area contributed by atoms with Crippen molar-refractivity contribution in [3.05, 3.63) is 42.7 Å². The molecule has 2 aromatic heterocycles. The van der Waals surface area contributed by atoms with Gasteiger partial charge >= 0.3 is 0 Å².